The predicted molar refractivity (Wildman–Crippen MR) is 144 cm³/mol. The minimum absolute atomic E-state index is 0. The molecule has 9 heteroatoms. The number of benzene rings is 3. The smallest absolute Gasteiger partial charge is 0.269 e. The van der Waals surface area contributed by atoms with Crippen molar-refractivity contribution in [2.75, 3.05) is 26.2 Å². The number of hydrogen-bond donors (Lipinski definition) is 0. The molecular formula is C26H25BrClN3O3S. The van der Waals surface area contributed by atoms with Gasteiger partial charge >= 0.3 is 0 Å². The summed E-state index contributed by atoms with van der Waals surface area (Å²) >= 11 is 3.38. The summed E-state index contributed by atoms with van der Waals surface area (Å²) in [6.45, 7) is 3.36. The Morgan fingerprint density at radius 2 is 1.46 bits per heavy atom. The van der Waals surface area contributed by atoms with Crippen molar-refractivity contribution in [3.63, 3.8) is 0 Å². The Kier molecular flexibility index (Phi) is 7.66. The molecule has 3 aromatic carbocycles. The largest absolute Gasteiger partial charge is 0.336 e. The Bertz CT molecular complexity index is 1450. The van der Waals surface area contributed by atoms with Gasteiger partial charge < -0.3 is 4.90 Å². The number of carbonyl (C=O) groups excluding carboxylic acids is 1. The molecule has 0 aliphatic carbocycles. The van der Waals surface area contributed by atoms with Gasteiger partial charge in [-0.15, -0.1) is 12.4 Å². The third kappa shape index (κ3) is 5.02. The molecule has 4 aromatic rings. The first-order chi connectivity index (χ1) is 16.4. The third-order valence-corrected chi connectivity index (χ3v) is 8.89. The molecule has 0 bridgehead atoms. The Balaban J connectivity index is 0.00000289. The van der Waals surface area contributed by atoms with E-state index in [1.165, 1.54) is 3.97 Å². The van der Waals surface area contributed by atoms with Crippen LogP contribution in [0, 0.1) is 0 Å². The number of fused-ring (bicyclic) bond motifs is 1. The third-order valence-electron chi connectivity index (χ3n) is 6.21. The summed E-state index contributed by atoms with van der Waals surface area (Å²) in [6.07, 6.45) is 1.74. The Morgan fingerprint density at radius 1 is 0.829 bits per heavy atom. The second-order valence-corrected chi connectivity index (χ2v) is 11.0. The highest BCUT2D eigenvalue weighted by Crippen LogP contribution is 2.30. The molecule has 182 valence electrons. The average Bonchev–Trinajstić information content (AvgIpc) is 3.24. The molecule has 0 unspecified atom stereocenters. The van der Waals surface area contributed by atoms with Crippen LogP contribution in [0.3, 0.4) is 0 Å². The van der Waals surface area contributed by atoms with E-state index in [1.54, 1.807) is 30.5 Å². The summed E-state index contributed by atoms with van der Waals surface area (Å²) in [5, 5.41) is 0.918. The predicted octanol–water partition coefficient (Wildman–Crippen LogP) is 5.02. The van der Waals surface area contributed by atoms with Crippen LogP contribution in [0.25, 0.3) is 10.9 Å². The van der Waals surface area contributed by atoms with E-state index < -0.39 is 10.0 Å². The van der Waals surface area contributed by atoms with Crippen molar-refractivity contribution in [2.24, 2.45) is 0 Å². The van der Waals surface area contributed by atoms with Gasteiger partial charge in [-0.1, -0.05) is 48.5 Å². The maximum Gasteiger partial charge on any atom is 0.269 e. The van der Waals surface area contributed by atoms with Crippen LogP contribution in [0.5, 0.6) is 0 Å². The van der Waals surface area contributed by atoms with Crippen LogP contribution in [0.15, 0.2) is 94.4 Å². The molecule has 1 amide bonds. The highest BCUT2D eigenvalue weighted by molar-refractivity contribution is 9.10. The molecule has 0 radical (unpaired) electrons. The van der Waals surface area contributed by atoms with Gasteiger partial charge in [-0.05, 0) is 51.8 Å². The Hall–Kier alpha value is -2.65. The van der Waals surface area contributed by atoms with Gasteiger partial charge in [0.1, 0.15) is 4.90 Å². The van der Waals surface area contributed by atoms with E-state index in [4.69, 9.17) is 0 Å². The molecule has 6 nitrogen and oxygen atoms in total. The molecule has 1 saturated heterocycles. The molecule has 2 heterocycles. The summed E-state index contributed by atoms with van der Waals surface area (Å²) < 4.78 is 28.9. The lowest BCUT2D eigenvalue weighted by Gasteiger charge is -2.34. The van der Waals surface area contributed by atoms with Gasteiger partial charge in [0.25, 0.3) is 15.9 Å². The van der Waals surface area contributed by atoms with Crippen LogP contribution in [0.4, 0.5) is 0 Å². The van der Waals surface area contributed by atoms with Crippen LogP contribution in [-0.2, 0) is 16.6 Å². The standard InChI is InChI=1S/C26H24BrN3O3S.ClH/c27-23-11-5-7-13-25(23)34(32,33)30-19-21(22-10-4-6-12-24(22)30)18-28-14-16-29(17-15-28)26(31)20-8-2-1-3-9-20;/h1-13,19H,14-18H2;1H. The van der Waals surface area contributed by atoms with E-state index >= 15 is 0 Å². The summed E-state index contributed by atoms with van der Waals surface area (Å²) in [4.78, 5) is 17.1. The van der Waals surface area contributed by atoms with Crippen molar-refractivity contribution in [2.45, 2.75) is 11.4 Å². The Morgan fingerprint density at radius 3 is 2.17 bits per heavy atom. The van der Waals surface area contributed by atoms with Crippen LogP contribution in [-0.4, -0.2) is 54.3 Å². The van der Waals surface area contributed by atoms with Crippen LogP contribution in [0.1, 0.15) is 15.9 Å². The zero-order valence-electron chi connectivity index (χ0n) is 18.9. The van der Waals surface area contributed by atoms with Gasteiger partial charge in [0.05, 0.1) is 5.52 Å². The van der Waals surface area contributed by atoms with Gasteiger partial charge in [0, 0.05) is 54.3 Å². The fraction of sp³-hybridized carbons (Fsp3) is 0.192. The van der Waals surface area contributed by atoms with Crippen molar-refractivity contribution < 1.29 is 13.2 Å². The summed E-state index contributed by atoms with van der Waals surface area (Å²) in [7, 11) is -3.77. The van der Waals surface area contributed by atoms with E-state index in [2.05, 4.69) is 20.8 Å². The zero-order valence-corrected chi connectivity index (χ0v) is 22.1. The number of aromatic nitrogens is 1. The second kappa shape index (κ2) is 10.5. The highest BCUT2D eigenvalue weighted by Gasteiger charge is 2.26. The minimum Gasteiger partial charge on any atom is -0.336 e. The number of amides is 1. The normalized spacial score (nSPS) is 14.6. The number of rotatable bonds is 5. The number of piperazine rings is 1. The fourth-order valence-electron chi connectivity index (χ4n) is 4.42. The first-order valence-corrected chi connectivity index (χ1v) is 13.3. The first-order valence-electron chi connectivity index (χ1n) is 11.1. The highest BCUT2D eigenvalue weighted by atomic mass is 79.9. The molecule has 0 atom stereocenters. The summed E-state index contributed by atoms with van der Waals surface area (Å²) in [5.41, 5.74) is 2.32. The minimum atomic E-state index is -3.77. The van der Waals surface area contributed by atoms with Crippen LogP contribution >= 0.6 is 28.3 Å². The van der Waals surface area contributed by atoms with E-state index in [1.807, 2.05) is 59.5 Å². The zero-order chi connectivity index (χ0) is 23.7. The Labute approximate surface area is 219 Å². The van der Waals surface area contributed by atoms with Crippen LogP contribution < -0.4 is 0 Å². The topological polar surface area (TPSA) is 62.6 Å². The van der Waals surface area contributed by atoms with E-state index in [0.717, 1.165) is 24.0 Å². The number of nitrogens with zero attached hydrogens (tertiary/aromatic N) is 3. The number of halogens is 2. The van der Waals surface area contributed by atoms with E-state index in [-0.39, 0.29) is 23.2 Å². The molecular weight excluding hydrogens is 550 g/mol. The first kappa shape index (κ1) is 25.4. The molecule has 0 saturated carbocycles. The molecule has 1 fully saturated rings. The fourth-order valence-corrected chi connectivity index (χ4v) is 6.78. The van der Waals surface area contributed by atoms with Crippen molar-refractivity contribution in [1.29, 1.82) is 0 Å². The second-order valence-electron chi connectivity index (χ2n) is 8.34. The monoisotopic (exact) mass is 573 g/mol. The van der Waals surface area contributed by atoms with Crippen molar-refractivity contribution >= 4 is 55.2 Å². The molecule has 1 aliphatic heterocycles. The number of carbonyl (C=O) groups is 1. The van der Waals surface area contributed by atoms with Gasteiger partial charge in [0.15, 0.2) is 0 Å². The van der Waals surface area contributed by atoms with E-state index in [9.17, 15) is 13.2 Å². The molecule has 0 spiro atoms. The van der Waals surface area contributed by atoms with Gasteiger partial charge in [-0.25, -0.2) is 12.4 Å². The molecule has 1 aliphatic rings. The lowest BCUT2D eigenvalue weighted by atomic mass is 10.1. The van der Waals surface area contributed by atoms with E-state index in [0.29, 0.717) is 35.2 Å². The number of hydrogen-bond acceptors (Lipinski definition) is 4. The van der Waals surface area contributed by atoms with Crippen molar-refractivity contribution in [3.05, 3.63) is 101 Å². The number of para-hydroxylation sites is 1. The lowest BCUT2D eigenvalue weighted by Crippen LogP contribution is -2.48. The van der Waals surface area contributed by atoms with Crippen molar-refractivity contribution in [3.8, 4) is 0 Å². The van der Waals surface area contributed by atoms with Crippen molar-refractivity contribution in [1.82, 2.24) is 13.8 Å². The van der Waals surface area contributed by atoms with Crippen LogP contribution in [0.2, 0.25) is 0 Å². The maximum absolute atomic E-state index is 13.5. The van der Waals surface area contributed by atoms with Gasteiger partial charge in [0.2, 0.25) is 0 Å². The average molecular weight is 575 g/mol. The summed E-state index contributed by atoms with van der Waals surface area (Å²) in [5.74, 6) is 0.0522. The van der Waals surface area contributed by atoms with Gasteiger partial charge in [-0.2, -0.15) is 0 Å². The lowest BCUT2D eigenvalue weighted by molar-refractivity contribution is 0.0629. The van der Waals surface area contributed by atoms with Gasteiger partial charge in [-0.3, -0.25) is 9.69 Å². The molecule has 35 heavy (non-hydrogen) atoms. The molecule has 1 aromatic heterocycles. The molecule has 5 rings (SSSR count). The maximum atomic E-state index is 13.5. The quantitative estimate of drug-likeness (QED) is 0.336. The summed E-state index contributed by atoms with van der Waals surface area (Å²) in [6, 6.07) is 23.8. The molecule has 0 N–H and O–H groups in total. The SMILES string of the molecule is Cl.O=C(c1ccccc1)N1CCN(Cc2cn(S(=O)(=O)c3ccccc3Br)c3ccccc23)CC1.